The molecule has 1 atom stereocenters. The van der Waals surface area contributed by atoms with Crippen molar-refractivity contribution in [2.45, 2.75) is 37.8 Å². The Balaban J connectivity index is 1.65. The maximum atomic E-state index is 13.1. The molecule has 4 rings (SSSR count). The monoisotopic (exact) mass is 486 g/mol. The van der Waals surface area contributed by atoms with Crippen molar-refractivity contribution >= 4 is 43.2 Å². The second kappa shape index (κ2) is 9.19. The van der Waals surface area contributed by atoms with E-state index in [1.54, 1.807) is 28.8 Å². The van der Waals surface area contributed by atoms with E-state index < -0.39 is 10.0 Å². The van der Waals surface area contributed by atoms with Crippen molar-refractivity contribution in [1.29, 1.82) is 0 Å². The zero-order chi connectivity index (χ0) is 22.9. The van der Waals surface area contributed by atoms with Gasteiger partial charge in [-0.3, -0.25) is 9.36 Å². The molecule has 0 bridgehead atoms. The Labute approximate surface area is 196 Å². The summed E-state index contributed by atoms with van der Waals surface area (Å²) >= 11 is 7.28. The van der Waals surface area contributed by atoms with E-state index in [0.717, 1.165) is 28.0 Å². The molecule has 0 unspecified atom stereocenters. The fourth-order valence-corrected chi connectivity index (χ4v) is 6.14. The first-order valence-electron chi connectivity index (χ1n) is 10.2. The molecular formula is C24H23ClN2O3S2. The topological polar surface area (TPSA) is 68.2 Å². The maximum Gasteiger partial charge on any atom is 0.308 e. The molecule has 1 heterocycles. The molecule has 0 saturated heterocycles. The second-order valence-corrected chi connectivity index (χ2v) is 10.8. The lowest BCUT2D eigenvalue weighted by Gasteiger charge is -2.18. The number of hydrogen-bond acceptors (Lipinski definition) is 4. The highest BCUT2D eigenvalue weighted by atomic mass is 35.5. The van der Waals surface area contributed by atoms with Crippen LogP contribution in [0.4, 0.5) is 0 Å². The summed E-state index contributed by atoms with van der Waals surface area (Å²) in [7, 11) is -3.77. The Hall–Kier alpha value is -2.45. The van der Waals surface area contributed by atoms with Gasteiger partial charge in [-0.25, -0.2) is 13.1 Å². The molecule has 0 fully saturated rings. The van der Waals surface area contributed by atoms with E-state index in [-0.39, 0.29) is 15.8 Å². The van der Waals surface area contributed by atoms with Crippen LogP contribution < -0.4 is 9.60 Å². The summed E-state index contributed by atoms with van der Waals surface area (Å²) in [5.41, 5.74) is 3.55. The molecule has 1 N–H and O–H groups in total. The third-order valence-corrected chi connectivity index (χ3v) is 8.20. The first-order valence-corrected chi connectivity index (χ1v) is 12.9. The zero-order valence-corrected chi connectivity index (χ0v) is 20.1. The molecular weight excluding hydrogens is 464 g/mol. The molecule has 0 aliphatic rings. The quantitative estimate of drug-likeness (QED) is 0.375. The molecule has 0 radical (unpaired) electrons. The van der Waals surface area contributed by atoms with Gasteiger partial charge in [0.05, 0.1) is 21.7 Å². The van der Waals surface area contributed by atoms with E-state index >= 15 is 0 Å². The minimum Gasteiger partial charge on any atom is -0.294 e. The molecule has 0 aliphatic heterocycles. The Morgan fingerprint density at radius 2 is 1.78 bits per heavy atom. The number of fused-ring (bicyclic) bond motifs is 1. The molecule has 4 aromatic rings. The van der Waals surface area contributed by atoms with E-state index in [4.69, 9.17) is 11.6 Å². The lowest BCUT2D eigenvalue weighted by Crippen LogP contribution is -2.28. The van der Waals surface area contributed by atoms with Gasteiger partial charge in [-0.05, 0) is 48.7 Å². The lowest BCUT2D eigenvalue weighted by molar-refractivity contribution is 0.550. The molecule has 32 heavy (non-hydrogen) atoms. The fourth-order valence-electron chi connectivity index (χ4n) is 3.60. The number of nitrogens with zero attached hydrogens (tertiary/aromatic N) is 1. The van der Waals surface area contributed by atoms with Crippen molar-refractivity contribution in [3.63, 3.8) is 0 Å². The van der Waals surface area contributed by atoms with E-state index in [1.165, 1.54) is 0 Å². The maximum absolute atomic E-state index is 13.1. The van der Waals surface area contributed by atoms with Gasteiger partial charge in [0.25, 0.3) is 0 Å². The van der Waals surface area contributed by atoms with Gasteiger partial charge in [0.2, 0.25) is 10.0 Å². The summed E-state index contributed by atoms with van der Waals surface area (Å²) in [4.78, 5) is 12.6. The molecule has 5 nitrogen and oxygen atoms in total. The minimum absolute atomic E-state index is 0.140. The van der Waals surface area contributed by atoms with Crippen LogP contribution in [-0.2, 0) is 16.6 Å². The van der Waals surface area contributed by atoms with Crippen molar-refractivity contribution in [3.05, 3.63) is 98.1 Å². The SMILES string of the molecule is CC[C@H](NS(=O)(=O)c1ccc2c(c1)sc(=O)n2Cc1ccccc1Cl)c1ccc(C)cc1. The zero-order valence-electron chi connectivity index (χ0n) is 17.7. The number of hydrogen-bond donors (Lipinski definition) is 1. The van der Waals surface area contributed by atoms with Crippen LogP contribution in [0.1, 0.15) is 36.1 Å². The van der Waals surface area contributed by atoms with Gasteiger partial charge in [0.15, 0.2) is 0 Å². The normalized spacial score (nSPS) is 12.8. The van der Waals surface area contributed by atoms with Crippen LogP contribution in [0.15, 0.2) is 76.4 Å². The molecule has 3 aromatic carbocycles. The molecule has 0 spiro atoms. The second-order valence-electron chi connectivity index (χ2n) is 7.67. The van der Waals surface area contributed by atoms with E-state index in [9.17, 15) is 13.2 Å². The molecule has 0 amide bonds. The van der Waals surface area contributed by atoms with E-state index in [2.05, 4.69) is 4.72 Å². The Morgan fingerprint density at radius 3 is 2.47 bits per heavy atom. The summed E-state index contributed by atoms with van der Waals surface area (Å²) in [6.45, 7) is 4.26. The predicted octanol–water partition coefficient (Wildman–Crippen LogP) is 5.50. The Morgan fingerprint density at radius 1 is 1.06 bits per heavy atom. The van der Waals surface area contributed by atoms with Gasteiger partial charge in [0.1, 0.15) is 0 Å². The fraction of sp³-hybridized carbons (Fsp3) is 0.208. The molecule has 166 valence electrons. The number of benzene rings is 3. The third-order valence-electron chi connectivity index (χ3n) is 5.42. The van der Waals surface area contributed by atoms with E-state index in [1.807, 2.05) is 56.3 Å². The summed E-state index contributed by atoms with van der Waals surface area (Å²) in [5, 5.41) is 0.587. The highest BCUT2D eigenvalue weighted by molar-refractivity contribution is 7.89. The van der Waals surface area contributed by atoms with Crippen LogP contribution in [0.3, 0.4) is 0 Å². The summed E-state index contributed by atoms with van der Waals surface area (Å²) in [6.07, 6.45) is 0.617. The highest BCUT2D eigenvalue weighted by Crippen LogP contribution is 2.26. The summed E-state index contributed by atoms with van der Waals surface area (Å²) in [5.74, 6) is 0. The van der Waals surface area contributed by atoms with Gasteiger partial charge in [-0.1, -0.05) is 77.9 Å². The summed E-state index contributed by atoms with van der Waals surface area (Å²) in [6, 6.07) is 19.6. The number of thiazole rings is 1. The lowest BCUT2D eigenvalue weighted by atomic mass is 10.0. The van der Waals surface area contributed by atoms with Crippen LogP contribution in [0.2, 0.25) is 5.02 Å². The molecule has 1 aromatic heterocycles. The molecule has 0 aliphatic carbocycles. The number of aromatic nitrogens is 1. The smallest absolute Gasteiger partial charge is 0.294 e. The highest BCUT2D eigenvalue weighted by Gasteiger charge is 2.22. The first-order chi connectivity index (χ1) is 15.3. The number of rotatable bonds is 7. The van der Waals surface area contributed by atoms with Crippen molar-refractivity contribution in [3.8, 4) is 0 Å². The predicted molar refractivity (Wildman–Crippen MR) is 131 cm³/mol. The van der Waals surface area contributed by atoms with Gasteiger partial charge in [-0.2, -0.15) is 0 Å². The van der Waals surface area contributed by atoms with Crippen LogP contribution in [0.25, 0.3) is 10.2 Å². The molecule has 8 heteroatoms. The number of aryl methyl sites for hydroxylation is 1. The molecule has 0 saturated carbocycles. The Kier molecular flexibility index (Phi) is 6.53. The van der Waals surface area contributed by atoms with Crippen LogP contribution in [-0.4, -0.2) is 13.0 Å². The minimum atomic E-state index is -3.77. The van der Waals surface area contributed by atoms with Crippen molar-refractivity contribution in [2.24, 2.45) is 0 Å². The van der Waals surface area contributed by atoms with Crippen molar-refractivity contribution < 1.29 is 8.42 Å². The third kappa shape index (κ3) is 4.66. The van der Waals surface area contributed by atoms with E-state index in [0.29, 0.717) is 28.2 Å². The van der Waals surface area contributed by atoms with Gasteiger partial charge >= 0.3 is 4.87 Å². The van der Waals surface area contributed by atoms with Gasteiger partial charge in [-0.15, -0.1) is 0 Å². The van der Waals surface area contributed by atoms with Crippen LogP contribution >= 0.6 is 22.9 Å². The Bertz CT molecular complexity index is 1420. The number of halogens is 1. The van der Waals surface area contributed by atoms with Crippen LogP contribution in [0, 0.1) is 6.92 Å². The van der Waals surface area contributed by atoms with Gasteiger partial charge in [0, 0.05) is 11.1 Å². The average Bonchev–Trinajstić information content (AvgIpc) is 3.08. The first kappa shape index (κ1) is 22.7. The van der Waals surface area contributed by atoms with Crippen molar-refractivity contribution in [2.75, 3.05) is 0 Å². The largest absolute Gasteiger partial charge is 0.308 e. The van der Waals surface area contributed by atoms with Crippen molar-refractivity contribution in [1.82, 2.24) is 9.29 Å². The summed E-state index contributed by atoms with van der Waals surface area (Å²) < 4.78 is 31.2. The average molecular weight is 487 g/mol. The standard InChI is InChI=1S/C24H23ClN2O3S2/c1-3-21(17-10-8-16(2)9-11-17)26-32(29,30)19-12-13-22-23(14-19)31-24(28)27(22)15-18-6-4-5-7-20(18)25/h4-14,21,26H,3,15H2,1-2H3/t21-/m0/s1. The van der Waals surface area contributed by atoms with Crippen LogP contribution in [0.5, 0.6) is 0 Å². The number of sulfonamides is 1. The number of nitrogens with one attached hydrogen (secondary N) is 1. The van der Waals surface area contributed by atoms with Gasteiger partial charge < -0.3 is 0 Å².